The highest BCUT2D eigenvalue weighted by Crippen LogP contribution is 2.27. The molecule has 21 heavy (non-hydrogen) atoms. The van der Waals surface area contributed by atoms with Gasteiger partial charge >= 0.3 is 5.69 Å². The van der Waals surface area contributed by atoms with Crippen molar-refractivity contribution in [2.24, 2.45) is 5.92 Å². The van der Waals surface area contributed by atoms with E-state index in [4.69, 9.17) is 0 Å². The molecule has 3 nitrogen and oxygen atoms in total. The van der Waals surface area contributed by atoms with Crippen LogP contribution in [0.3, 0.4) is 0 Å². The van der Waals surface area contributed by atoms with E-state index >= 15 is 0 Å². The summed E-state index contributed by atoms with van der Waals surface area (Å²) in [4.78, 5) is 15.0. The van der Waals surface area contributed by atoms with E-state index in [9.17, 15) is 4.79 Å². The normalized spacial score (nSPS) is 17.8. The number of aromatic nitrogens is 2. The van der Waals surface area contributed by atoms with Gasteiger partial charge in [-0.05, 0) is 42.4 Å². The molecular formula is C18H18N2O. The maximum Gasteiger partial charge on any atom is 0.326 e. The van der Waals surface area contributed by atoms with E-state index in [-0.39, 0.29) is 5.69 Å². The van der Waals surface area contributed by atoms with E-state index in [2.05, 4.69) is 41.4 Å². The molecule has 1 aliphatic rings. The van der Waals surface area contributed by atoms with Crippen molar-refractivity contribution < 1.29 is 0 Å². The van der Waals surface area contributed by atoms with Crippen LogP contribution in [0.15, 0.2) is 53.3 Å². The van der Waals surface area contributed by atoms with E-state index < -0.39 is 0 Å². The first-order valence-electron chi connectivity index (χ1n) is 7.55. The summed E-state index contributed by atoms with van der Waals surface area (Å²) in [7, 11) is 0. The minimum Gasteiger partial charge on any atom is -0.306 e. The van der Waals surface area contributed by atoms with Crippen LogP contribution in [0, 0.1) is 5.92 Å². The van der Waals surface area contributed by atoms with Crippen molar-refractivity contribution in [2.75, 3.05) is 0 Å². The Hall–Kier alpha value is -2.29. The molecule has 1 atom stereocenters. The Kier molecular flexibility index (Phi) is 2.92. The second-order valence-electron chi connectivity index (χ2n) is 5.94. The van der Waals surface area contributed by atoms with Gasteiger partial charge in [-0.3, -0.25) is 4.57 Å². The molecule has 0 fully saturated rings. The highest BCUT2D eigenvalue weighted by atomic mass is 16.1. The molecule has 0 radical (unpaired) electrons. The summed E-state index contributed by atoms with van der Waals surface area (Å²) in [5.74, 6) is 0.595. The van der Waals surface area contributed by atoms with Gasteiger partial charge in [-0.1, -0.05) is 42.5 Å². The van der Waals surface area contributed by atoms with Crippen LogP contribution in [0.5, 0.6) is 0 Å². The van der Waals surface area contributed by atoms with Crippen molar-refractivity contribution in [3.8, 4) is 0 Å². The van der Waals surface area contributed by atoms with Crippen LogP contribution >= 0.6 is 0 Å². The van der Waals surface area contributed by atoms with Gasteiger partial charge in [-0.2, -0.15) is 0 Å². The molecule has 0 spiro atoms. The Bertz CT molecular complexity index is 829. The van der Waals surface area contributed by atoms with Crippen molar-refractivity contribution in [1.82, 2.24) is 9.55 Å². The second-order valence-corrected chi connectivity index (χ2v) is 5.94. The Balaban J connectivity index is 1.70. The lowest BCUT2D eigenvalue weighted by molar-refractivity contribution is 0.454. The molecule has 106 valence electrons. The molecule has 0 saturated heterocycles. The molecule has 1 unspecified atom stereocenters. The predicted octanol–water partition coefficient (Wildman–Crippen LogP) is 3.13. The summed E-state index contributed by atoms with van der Waals surface area (Å²) in [6.45, 7) is 0.813. The maximum atomic E-state index is 12.1. The summed E-state index contributed by atoms with van der Waals surface area (Å²) in [5.41, 5.74) is 4.79. The minimum absolute atomic E-state index is 0.0258. The predicted molar refractivity (Wildman–Crippen MR) is 84.5 cm³/mol. The average molecular weight is 278 g/mol. The summed E-state index contributed by atoms with van der Waals surface area (Å²) < 4.78 is 1.91. The van der Waals surface area contributed by atoms with Crippen molar-refractivity contribution in [1.29, 1.82) is 0 Å². The Morgan fingerprint density at radius 2 is 1.95 bits per heavy atom. The van der Waals surface area contributed by atoms with Crippen LogP contribution in [0.4, 0.5) is 0 Å². The van der Waals surface area contributed by atoms with E-state index in [1.807, 2.05) is 16.7 Å². The fraction of sp³-hybridized carbons (Fsp3) is 0.278. The molecule has 1 aromatic heterocycles. The van der Waals surface area contributed by atoms with Crippen LogP contribution < -0.4 is 5.69 Å². The van der Waals surface area contributed by atoms with Gasteiger partial charge < -0.3 is 4.98 Å². The Morgan fingerprint density at radius 3 is 2.81 bits per heavy atom. The van der Waals surface area contributed by atoms with E-state index in [1.165, 1.54) is 11.1 Å². The standard InChI is InChI=1S/C18H18N2O/c21-18-19-16-8-4-7-15-12-14(9-10-20(18)17(15)16)11-13-5-2-1-3-6-13/h1-8,14H,9-12H2,(H,19,21). The zero-order valence-corrected chi connectivity index (χ0v) is 11.9. The van der Waals surface area contributed by atoms with Gasteiger partial charge in [0.2, 0.25) is 0 Å². The molecule has 3 heteroatoms. The van der Waals surface area contributed by atoms with Gasteiger partial charge in [0.1, 0.15) is 0 Å². The number of hydrogen-bond donors (Lipinski definition) is 1. The van der Waals surface area contributed by atoms with Gasteiger partial charge in [-0.15, -0.1) is 0 Å². The minimum atomic E-state index is 0.0258. The molecule has 0 bridgehead atoms. The van der Waals surface area contributed by atoms with Crippen LogP contribution in [0.1, 0.15) is 17.5 Å². The van der Waals surface area contributed by atoms with E-state index in [0.29, 0.717) is 5.92 Å². The number of nitrogens with one attached hydrogen (secondary N) is 1. The maximum absolute atomic E-state index is 12.1. The van der Waals surface area contributed by atoms with Gasteiger partial charge in [-0.25, -0.2) is 4.79 Å². The third-order valence-electron chi connectivity index (χ3n) is 4.51. The number of rotatable bonds is 2. The fourth-order valence-corrected chi connectivity index (χ4v) is 3.52. The molecule has 3 aromatic rings. The molecule has 0 amide bonds. The SMILES string of the molecule is O=c1[nH]c2cccc3c2n1CCC(Cc1ccccc1)C3. The summed E-state index contributed by atoms with van der Waals surface area (Å²) in [5, 5.41) is 0. The Morgan fingerprint density at radius 1 is 1.10 bits per heavy atom. The zero-order chi connectivity index (χ0) is 14.2. The molecule has 2 heterocycles. The molecular weight excluding hydrogens is 260 g/mol. The number of hydrogen-bond acceptors (Lipinski definition) is 1. The topological polar surface area (TPSA) is 37.8 Å². The monoisotopic (exact) mass is 278 g/mol. The van der Waals surface area contributed by atoms with Crippen LogP contribution in [0.2, 0.25) is 0 Å². The lowest BCUT2D eigenvalue weighted by atomic mass is 9.90. The lowest BCUT2D eigenvalue weighted by Gasteiger charge is -2.14. The molecule has 2 aromatic carbocycles. The van der Waals surface area contributed by atoms with Crippen molar-refractivity contribution in [3.05, 3.63) is 70.1 Å². The van der Waals surface area contributed by atoms with Crippen molar-refractivity contribution in [2.45, 2.75) is 25.8 Å². The molecule has 0 saturated carbocycles. The third kappa shape index (κ3) is 2.19. The number of aromatic amines is 1. The highest BCUT2D eigenvalue weighted by Gasteiger charge is 2.20. The van der Waals surface area contributed by atoms with Gasteiger partial charge in [0.25, 0.3) is 0 Å². The number of H-pyrrole nitrogens is 1. The van der Waals surface area contributed by atoms with Crippen molar-refractivity contribution >= 4 is 11.0 Å². The largest absolute Gasteiger partial charge is 0.326 e. The second kappa shape index (κ2) is 4.92. The molecule has 0 aliphatic carbocycles. The zero-order valence-electron chi connectivity index (χ0n) is 11.9. The fourth-order valence-electron chi connectivity index (χ4n) is 3.52. The molecule has 4 rings (SSSR count). The number of benzene rings is 2. The van der Waals surface area contributed by atoms with Crippen LogP contribution in [0.25, 0.3) is 11.0 Å². The van der Waals surface area contributed by atoms with E-state index in [1.54, 1.807) is 0 Å². The summed E-state index contributed by atoms with van der Waals surface area (Å²) in [6.07, 6.45) is 3.18. The van der Waals surface area contributed by atoms with Gasteiger partial charge in [0.15, 0.2) is 0 Å². The first-order chi connectivity index (χ1) is 10.3. The average Bonchev–Trinajstić information content (AvgIpc) is 2.70. The highest BCUT2D eigenvalue weighted by molar-refractivity contribution is 5.79. The van der Waals surface area contributed by atoms with Crippen molar-refractivity contribution in [3.63, 3.8) is 0 Å². The first-order valence-corrected chi connectivity index (χ1v) is 7.55. The number of imidazole rings is 1. The third-order valence-corrected chi connectivity index (χ3v) is 4.51. The van der Waals surface area contributed by atoms with Crippen LogP contribution in [-0.2, 0) is 19.4 Å². The smallest absolute Gasteiger partial charge is 0.306 e. The van der Waals surface area contributed by atoms with Crippen LogP contribution in [-0.4, -0.2) is 9.55 Å². The first kappa shape index (κ1) is 12.5. The van der Waals surface area contributed by atoms with Gasteiger partial charge in [0, 0.05) is 6.54 Å². The van der Waals surface area contributed by atoms with E-state index in [0.717, 1.165) is 36.8 Å². The quantitative estimate of drug-likeness (QED) is 0.768. The number of aryl methyl sites for hydroxylation is 1. The number of para-hydroxylation sites is 1. The van der Waals surface area contributed by atoms with Gasteiger partial charge in [0.05, 0.1) is 11.0 Å². The Labute approximate surface area is 123 Å². The summed E-state index contributed by atoms with van der Waals surface area (Å²) >= 11 is 0. The summed E-state index contributed by atoms with van der Waals surface area (Å²) in [6, 6.07) is 16.8. The lowest BCUT2D eigenvalue weighted by Crippen LogP contribution is -2.17. The molecule has 1 aliphatic heterocycles. The molecule has 1 N–H and O–H groups in total. The number of nitrogens with zero attached hydrogens (tertiary/aromatic N) is 1.